The highest BCUT2D eigenvalue weighted by atomic mass is 32.2. The van der Waals surface area contributed by atoms with Gasteiger partial charge in [-0.1, -0.05) is 20.8 Å². The third kappa shape index (κ3) is 4.21. The van der Waals surface area contributed by atoms with E-state index < -0.39 is 9.84 Å². The quantitative estimate of drug-likeness (QED) is 0.765. The van der Waals surface area contributed by atoms with Crippen molar-refractivity contribution in [3.63, 3.8) is 0 Å². The molecule has 1 rings (SSSR count). The Kier molecular flexibility index (Phi) is 6.08. The van der Waals surface area contributed by atoms with E-state index in [1.165, 1.54) is 0 Å². The lowest BCUT2D eigenvalue weighted by atomic mass is 10.0. The highest BCUT2D eigenvalue weighted by molar-refractivity contribution is 7.92. The summed E-state index contributed by atoms with van der Waals surface area (Å²) in [6, 6.07) is 0.0312. The van der Waals surface area contributed by atoms with Crippen LogP contribution in [0, 0.1) is 11.8 Å². The smallest absolute Gasteiger partial charge is 0.154 e. The van der Waals surface area contributed by atoms with Gasteiger partial charge in [-0.3, -0.25) is 0 Å². The van der Waals surface area contributed by atoms with Crippen LogP contribution in [0.4, 0.5) is 0 Å². The molecule has 1 saturated heterocycles. The van der Waals surface area contributed by atoms with Crippen LogP contribution in [0.25, 0.3) is 0 Å². The van der Waals surface area contributed by atoms with Crippen LogP contribution >= 0.6 is 0 Å². The number of nitrogens with one attached hydrogen (secondary N) is 1. The summed E-state index contributed by atoms with van der Waals surface area (Å²) in [5.74, 6) is 0.727. The fourth-order valence-corrected chi connectivity index (χ4v) is 4.33. The van der Waals surface area contributed by atoms with E-state index in [1.807, 2.05) is 27.7 Å². The van der Waals surface area contributed by atoms with Crippen molar-refractivity contribution in [3.8, 4) is 0 Å². The molecule has 0 bridgehead atoms. The number of rotatable bonds is 7. The van der Waals surface area contributed by atoms with Gasteiger partial charge < -0.3 is 10.1 Å². The second-order valence-electron chi connectivity index (χ2n) is 5.57. The second-order valence-corrected chi connectivity index (χ2v) is 7.97. The first kappa shape index (κ1) is 15.9. The van der Waals surface area contributed by atoms with Crippen LogP contribution in [-0.2, 0) is 14.6 Å². The second kappa shape index (κ2) is 6.87. The van der Waals surface area contributed by atoms with E-state index in [-0.39, 0.29) is 23.0 Å². The lowest BCUT2D eigenvalue weighted by Crippen LogP contribution is -2.44. The van der Waals surface area contributed by atoms with Crippen LogP contribution in [-0.4, -0.2) is 45.2 Å². The van der Waals surface area contributed by atoms with Gasteiger partial charge in [0.1, 0.15) is 0 Å². The van der Waals surface area contributed by atoms with E-state index >= 15 is 0 Å². The molecule has 1 fully saturated rings. The van der Waals surface area contributed by atoms with Gasteiger partial charge in [-0.05, 0) is 25.8 Å². The van der Waals surface area contributed by atoms with Crippen molar-refractivity contribution < 1.29 is 13.2 Å². The lowest BCUT2D eigenvalue weighted by molar-refractivity contribution is 0.179. The molecular weight excluding hydrogens is 250 g/mol. The molecule has 0 radical (unpaired) electrons. The SMILES string of the molecule is CCNC(CS(=O)(=O)C(C)C(C)C)C1CCOC1. The average Bonchev–Trinajstić information content (AvgIpc) is 2.80. The van der Waals surface area contributed by atoms with Gasteiger partial charge in [-0.2, -0.15) is 0 Å². The minimum Gasteiger partial charge on any atom is -0.381 e. The molecular formula is C13H27NO3S. The summed E-state index contributed by atoms with van der Waals surface area (Å²) in [7, 11) is -3.04. The van der Waals surface area contributed by atoms with Crippen LogP contribution in [0.15, 0.2) is 0 Å². The minimum absolute atomic E-state index is 0.0312. The van der Waals surface area contributed by atoms with Crippen molar-refractivity contribution in [2.24, 2.45) is 11.8 Å². The van der Waals surface area contributed by atoms with E-state index in [4.69, 9.17) is 4.74 Å². The zero-order chi connectivity index (χ0) is 13.8. The van der Waals surface area contributed by atoms with Crippen molar-refractivity contribution in [2.75, 3.05) is 25.5 Å². The van der Waals surface area contributed by atoms with E-state index in [1.54, 1.807) is 0 Å². The minimum atomic E-state index is -3.04. The summed E-state index contributed by atoms with van der Waals surface area (Å²) < 4.78 is 30.0. The Morgan fingerprint density at radius 1 is 1.33 bits per heavy atom. The first-order valence-electron chi connectivity index (χ1n) is 6.91. The molecule has 0 aromatic heterocycles. The van der Waals surface area contributed by atoms with Crippen LogP contribution in [0.1, 0.15) is 34.1 Å². The van der Waals surface area contributed by atoms with Gasteiger partial charge in [0.15, 0.2) is 9.84 Å². The van der Waals surface area contributed by atoms with Crippen molar-refractivity contribution in [3.05, 3.63) is 0 Å². The molecule has 1 N–H and O–H groups in total. The Bertz CT molecular complexity index is 334. The average molecular weight is 277 g/mol. The van der Waals surface area contributed by atoms with Gasteiger partial charge in [0.25, 0.3) is 0 Å². The Morgan fingerprint density at radius 3 is 2.44 bits per heavy atom. The molecule has 18 heavy (non-hydrogen) atoms. The van der Waals surface area contributed by atoms with Crippen LogP contribution in [0.2, 0.25) is 0 Å². The highest BCUT2D eigenvalue weighted by Crippen LogP contribution is 2.21. The van der Waals surface area contributed by atoms with E-state index in [9.17, 15) is 8.42 Å². The molecule has 0 saturated carbocycles. The van der Waals surface area contributed by atoms with Gasteiger partial charge in [-0.25, -0.2) is 8.42 Å². The van der Waals surface area contributed by atoms with Crippen molar-refractivity contribution in [2.45, 2.75) is 45.4 Å². The first-order chi connectivity index (χ1) is 8.38. The topological polar surface area (TPSA) is 55.4 Å². The van der Waals surface area contributed by atoms with Crippen LogP contribution < -0.4 is 5.32 Å². The molecule has 108 valence electrons. The summed E-state index contributed by atoms with van der Waals surface area (Å²) in [6.07, 6.45) is 0.962. The predicted octanol–water partition coefficient (Wildman–Crippen LogP) is 1.46. The fourth-order valence-electron chi connectivity index (χ4n) is 2.31. The van der Waals surface area contributed by atoms with Crippen molar-refractivity contribution >= 4 is 9.84 Å². The molecule has 1 aliphatic heterocycles. The van der Waals surface area contributed by atoms with Gasteiger partial charge in [0.2, 0.25) is 0 Å². The summed E-state index contributed by atoms with van der Waals surface area (Å²) >= 11 is 0. The molecule has 0 spiro atoms. The molecule has 3 unspecified atom stereocenters. The van der Waals surface area contributed by atoms with Gasteiger partial charge in [0, 0.05) is 18.6 Å². The standard InChI is InChI=1S/C13H27NO3S/c1-5-14-13(12-6-7-17-8-12)9-18(15,16)11(4)10(2)3/h10-14H,5-9H2,1-4H3. The number of hydrogen-bond acceptors (Lipinski definition) is 4. The Morgan fingerprint density at radius 2 is 2.00 bits per heavy atom. The zero-order valence-electron chi connectivity index (χ0n) is 12.0. The highest BCUT2D eigenvalue weighted by Gasteiger charge is 2.32. The monoisotopic (exact) mass is 277 g/mol. The third-order valence-electron chi connectivity index (χ3n) is 3.92. The molecule has 3 atom stereocenters. The third-order valence-corrected chi connectivity index (χ3v) is 6.42. The van der Waals surface area contributed by atoms with Gasteiger partial charge in [0.05, 0.1) is 17.6 Å². The maximum Gasteiger partial charge on any atom is 0.154 e. The van der Waals surface area contributed by atoms with E-state index in [0.717, 1.165) is 19.6 Å². The number of hydrogen-bond donors (Lipinski definition) is 1. The molecule has 5 heteroatoms. The Balaban J connectivity index is 2.70. The van der Waals surface area contributed by atoms with Gasteiger partial charge in [-0.15, -0.1) is 0 Å². The van der Waals surface area contributed by atoms with Crippen molar-refractivity contribution in [1.82, 2.24) is 5.32 Å². The first-order valence-corrected chi connectivity index (χ1v) is 8.62. The molecule has 0 aromatic carbocycles. The zero-order valence-corrected chi connectivity index (χ0v) is 12.8. The normalized spacial score (nSPS) is 24.4. The molecule has 0 aromatic rings. The van der Waals surface area contributed by atoms with E-state index in [0.29, 0.717) is 12.5 Å². The lowest BCUT2D eigenvalue weighted by Gasteiger charge is -2.26. The van der Waals surface area contributed by atoms with Gasteiger partial charge >= 0.3 is 0 Å². The predicted molar refractivity (Wildman–Crippen MR) is 74.5 cm³/mol. The molecule has 0 amide bonds. The largest absolute Gasteiger partial charge is 0.381 e. The molecule has 4 nitrogen and oxygen atoms in total. The van der Waals surface area contributed by atoms with Crippen LogP contribution in [0.3, 0.4) is 0 Å². The maximum atomic E-state index is 12.3. The number of ether oxygens (including phenoxy) is 1. The molecule has 0 aliphatic carbocycles. The fraction of sp³-hybridized carbons (Fsp3) is 1.00. The van der Waals surface area contributed by atoms with E-state index in [2.05, 4.69) is 5.32 Å². The summed E-state index contributed by atoms with van der Waals surface area (Å²) in [5.41, 5.74) is 0. The summed E-state index contributed by atoms with van der Waals surface area (Å²) in [4.78, 5) is 0. The summed E-state index contributed by atoms with van der Waals surface area (Å²) in [5, 5.41) is 3.04. The Hall–Kier alpha value is -0.130. The molecule has 1 heterocycles. The van der Waals surface area contributed by atoms with Crippen molar-refractivity contribution in [1.29, 1.82) is 0 Å². The number of sulfone groups is 1. The Labute approximate surface area is 111 Å². The van der Waals surface area contributed by atoms with Crippen LogP contribution in [0.5, 0.6) is 0 Å². The summed E-state index contributed by atoms with van der Waals surface area (Å²) in [6.45, 7) is 9.99. The maximum absolute atomic E-state index is 12.3. The molecule has 1 aliphatic rings.